The highest BCUT2D eigenvalue weighted by Crippen LogP contribution is 2.18. The highest BCUT2D eigenvalue weighted by atomic mass is 35.5. The molecule has 0 saturated heterocycles. The molecule has 1 aromatic carbocycles. The molecule has 1 unspecified atom stereocenters. The predicted molar refractivity (Wildman–Crippen MR) is 154 cm³/mol. The molecule has 2 heteroatoms. The summed E-state index contributed by atoms with van der Waals surface area (Å²) in [7, 11) is 2.52. The lowest BCUT2D eigenvalue weighted by molar-refractivity contribution is -0.923. The van der Waals surface area contributed by atoms with Gasteiger partial charge in [-0.3, -0.25) is 0 Å². The Morgan fingerprint density at radius 3 is 1.11 bits per heavy atom. The van der Waals surface area contributed by atoms with E-state index in [1.54, 1.807) is 0 Å². The largest absolute Gasteiger partial charge is 1.00 e. The fourth-order valence-electron chi connectivity index (χ4n) is 5.43. The van der Waals surface area contributed by atoms with Crippen molar-refractivity contribution in [2.75, 3.05) is 20.1 Å². The molecule has 0 aliphatic rings. The number of quaternary nitrogens is 1. The van der Waals surface area contributed by atoms with Crippen molar-refractivity contribution >= 4 is 0 Å². The van der Waals surface area contributed by atoms with Crippen LogP contribution < -0.4 is 12.4 Å². The lowest BCUT2D eigenvalue weighted by Gasteiger charge is -2.35. The van der Waals surface area contributed by atoms with Crippen LogP contribution in [0.25, 0.3) is 0 Å². The van der Waals surface area contributed by atoms with E-state index < -0.39 is 0 Å². The standard InChI is InChI=1S/C33H62N.ClH/c1-4-6-8-10-12-14-16-18-20-22-27-31-34(3,32-33-28-24-23-25-29-33)30-26-21-19-17-15-13-11-9-7-5-2;/h23-25,28-29H,4-22,26-27,30-32H2,1-3H3;1H/q+1;/p-1. The number of hydrogen-bond donors (Lipinski definition) is 0. The molecule has 1 atom stereocenters. The summed E-state index contributed by atoms with van der Waals surface area (Å²) >= 11 is 0. The first-order chi connectivity index (χ1) is 16.7. The second kappa shape index (κ2) is 25.1. The van der Waals surface area contributed by atoms with Crippen molar-refractivity contribution < 1.29 is 16.9 Å². The number of rotatable bonds is 25. The average Bonchev–Trinajstić information content (AvgIpc) is 2.84. The van der Waals surface area contributed by atoms with Crippen LogP contribution >= 0.6 is 0 Å². The van der Waals surface area contributed by atoms with Gasteiger partial charge >= 0.3 is 0 Å². The highest BCUT2D eigenvalue weighted by Gasteiger charge is 2.21. The zero-order valence-electron chi connectivity index (χ0n) is 24.2. The summed E-state index contributed by atoms with van der Waals surface area (Å²) in [6.45, 7) is 8.52. The molecule has 1 rings (SSSR count). The second-order valence-corrected chi connectivity index (χ2v) is 11.4. The van der Waals surface area contributed by atoms with Crippen molar-refractivity contribution in [3.8, 4) is 0 Å². The SMILES string of the molecule is CCCCCCCCCCCCC[N+](C)(CCCCCCCCCCCC)Cc1ccccc1.[Cl-]. The summed E-state index contributed by atoms with van der Waals surface area (Å²) < 4.78 is 1.23. The van der Waals surface area contributed by atoms with Gasteiger partial charge in [-0.1, -0.05) is 153 Å². The zero-order chi connectivity index (χ0) is 24.6. The molecular weight excluding hydrogens is 446 g/mol. The van der Waals surface area contributed by atoms with Gasteiger partial charge in [-0.25, -0.2) is 0 Å². The van der Waals surface area contributed by atoms with Gasteiger partial charge in [0.25, 0.3) is 0 Å². The van der Waals surface area contributed by atoms with Gasteiger partial charge < -0.3 is 16.9 Å². The maximum absolute atomic E-state index is 2.52. The zero-order valence-corrected chi connectivity index (χ0v) is 24.9. The van der Waals surface area contributed by atoms with Gasteiger partial charge in [-0.15, -0.1) is 0 Å². The van der Waals surface area contributed by atoms with E-state index in [0.717, 1.165) is 0 Å². The van der Waals surface area contributed by atoms with Crippen LogP contribution in [0.3, 0.4) is 0 Å². The van der Waals surface area contributed by atoms with E-state index in [0.29, 0.717) is 0 Å². The molecule has 0 N–H and O–H groups in total. The maximum atomic E-state index is 2.52. The van der Waals surface area contributed by atoms with Gasteiger partial charge in [-0.2, -0.15) is 0 Å². The fraction of sp³-hybridized carbons (Fsp3) is 0.818. The Balaban J connectivity index is 0.0000116. The van der Waals surface area contributed by atoms with Crippen molar-refractivity contribution in [2.45, 2.75) is 155 Å². The van der Waals surface area contributed by atoms with Crippen molar-refractivity contribution in [1.29, 1.82) is 0 Å². The number of unbranched alkanes of at least 4 members (excludes halogenated alkanes) is 19. The highest BCUT2D eigenvalue weighted by molar-refractivity contribution is 5.13. The Bertz CT molecular complexity index is 531. The Hall–Kier alpha value is -0.530. The third-order valence-electron chi connectivity index (χ3n) is 7.76. The van der Waals surface area contributed by atoms with Gasteiger partial charge in [0, 0.05) is 5.56 Å². The number of hydrogen-bond acceptors (Lipinski definition) is 0. The fourth-order valence-corrected chi connectivity index (χ4v) is 5.43. The summed E-state index contributed by atoms with van der Waals surface area (Å²) in [5, 5.41) is 0. The number of benzene rings is 1. The van der Waals surface area contributed by atoms with Gasteiger partial charge in [0.05, 0.1) is 20.1 Å². The summed E-state index contributed by atoms with van der Waals surface area (Å²) in [5.74, 6) is 0. The molecule has 1 aromatic rings. The lowest BCUT2D eigenvalue weighted by atomic mass is 10.0. The van der Waals surface area contributed by atoms with Crippen LogP contribution in [-0.2, 0) is 6.54 Å². The van der Waals surface area contributed by atoms with E-state index in [9.17, 15) is 0 Å². The molecule has 0 aliphatic heterocycles. The minimum atomic E-state index is 0. The normalized spacial score (nSPS) is 12.9. The summed E-state index contributed by atoms with van der Waals surface area (Å²) in [5.41, 5.74) is 1.51. The van der Waals surface area contributed by atoms with E-state index in [-0.39, 0.29) is 12.4 Å². The van der Waals surface area contributed by atoms with E-state index >= 15 is 0 Å². The van der Waals surface area contributed by atoms with E-state index in [1.165, 1.54) is 165 Å². The van der Waals surface area contributed by atoms with Crippen molar-refractivity contribution in [3.63, 3.8) is 0 Å². The average molecular weight is 508 g/mol. The smallest absolute Gasteiger partial charge is 0.104 e. The number of halogens is 1. The molecule has 0 bridgehead atoms. The Morgan fingerprint density at radius 1 is 0.457 bits per heavy atom. The quantitative estimate of drug-likeness (QED) is 0.0932. The maximum Gasteiger partial charge on any atom is 0.104 e. The minimum absolute atomic E-state index is 0. The molecule has 0 aliphatic carbocycles. The third kappa shape index (κ3) is 21.3. The molecule has 35 heavy (non-hydrogen) atoms. The van der Waals surface area contributed by atoms with Crippen molar-refractivity contribution in [3.05, 3.63) is 35.9 Å². The van der Waals surface area contributed by atoms with Gasteiger partial charge in [-0.05, 0) is 25.7 Å². The van der Waals surface area contributed by atoms with Gasteiger partial charge in [0.1, 0.15) is 6.54 Å². The Labute approximate surface area is 227 Å². The molecular formula is C33H62ClN. The van der Waals surface area contributed by atoms with E-state index in [1.807, 2.05) is 0 Å². The van der Waals surface area contributed by atoms with Crippen LogP contribution in [0.4, 0.5) is 0 Å². The van der Waals surface area contributed by atoms with Gasteiger partial charge in [0.15, 0.2) is 0 Å². The van der Waals surface area contributed by atoms with E-state index in [2.05, 4.69) is 51.2 Å². The molecule has 0 aromatic heterocycles. The molecule has 0 radical (unpaired) electrons. The Morgan fingerprint density at radius 2 is 0.771 bits per heavy atom. The van der Waals surface area contributed by atoms with Crippen LogP contribution in [0, 0.1) is 0 Å². The second-order valence-electron chi connectivity index (χ2n) is 11.4. The first kappa shape index (κ1) is 34.5. The number of nitrogens with zero attached hydrogens (tertiary/aromatic N) is 1. The third-order valence-corrected chi connectivity index (χ3v) is 7.76. The molecule has 0 fully saturated rings. The predicted octanol–water partition coefficient (Wildman–Crippen LogP) is 7.87. The van der Waals surface area contributed by atoms with Crippen LogP contribution in [0.2, 0.25) is 0 Å². The Kier molecular flexibility index (Phi) is 24.8. The molecule has 206 valence electrons. The first-order valence-corrected chi connectivity index (χ1v) is 15.6. The molecule has 1 nitrogen and oxygen atoms in total. The first-order valence-electron chi connectivity index (χ1n) is 15.6. The topological polar surface area (TPSA) is 0 Å². The minimum Gasteiger partial charge on any atom is -1.00 e. The van der Waals surface area contributed by atoms with Crippen LogP contribution in [0.5, 0.6) is 0 Å². The monoisotopic (exact) mass is 507 g/mol. The molecule has 0 heterocycles. The lowest BCUT2D eigenvalue weighted by Crippen LogP contribution is -3.00. The molecule has 0 amide bonds. The molecule has 0 spiro atoms. The summed E-state index contributed by atoms with van der Waals surface area (Å²) in [6.07, 6.45) is 30.1. The van der Waals surface area contributed by atoms with Crippen LogP contribution in [0.15, 0.2) is 30.3 Å². The summed E-state index contributed by atoms with van der Waals surface area (Å²) in [6, 6.07) is 11.2. The van der Waals surface area contributed by atoms with Crippen LogP contribution in [0.1, 0.15) is 154 Å². The van der Waals surface area contributed by atoms with Gasteiger partial charge in [0.2, 0.25) is 0 Å². The van der Waals surface area contributed by atoms with Crippen molar-refractivity contribution in [1.82, 2.24) is 0 Å². The molecule has 0 saturated carbocycles. The van der Waals surface area contributed by atoms with Crippen molar-refractivity contribution in [2.24, 2.45) is 0 Å². The van der Waals surface area contributed by atoms with Crippen LogP contribution in [-0.4, -0.2) is 24.6 Å². The summed E-state index contributed by atoms with van der Waals surface area (Å²) in [4.78, 5) is 0. The van der Waals surface area contributed by atoms with E-state index in [4.69, 9.17) is 0 Å².